The molecule has 26 heavy (non-hydrogen) atoms. The fraction of sp³-hybridized carbons (Fsp3) is 0.211. The summed E-state index contributed by atoms with van der Waals surface area (Å²) in [5.74, 6) is -0.124. The second-order valence-corrected chi connectivity index (χ2v) is 5.58. The van der Waals surface area contributed by atoms with E-state index in [0.29, 0.717) is 30.2 Å². The van der Waals surface area contributed by atoms with Crippen molar-refractivity contribution < 1.29 is 19.1 Å². The summed E-state index contributed by atoms with van der Waals surface area (Å²) in [5.41, 5.74) is 3.48. The van der Waals surface area contributed by atoms with E-state index in [2.05, 4.69) is 20.0 Å². The molecule has 3 aromatic rings. The molecule has 2 N–H and O–H groups in total. The van der Waals surface area contributed by atoms with Crippen molar-refractivity contribution in [2.45, 2.75) is 13.5 Å². The molecule has 0 saturated heterocycles. The van der Waals surface area contributed by atoms with Gasteiger partial charge in [0.2, 0.25) is 5.95 Å². The first-order valence-corrected chi connectivity index (χ1v) is 8.18. The number of esters is 2. The van der Waals surface area contributed by atoms with Gasteiger partial charge in [-0.05, 0) is 42.8 Å². The number of rotatable bonds is 6. The number of methoxy groups -OCH3 is 1. The van der Waals surface area contributed by atoms with E-state index in [4.69, 9.17) is 4.74 Å². The van der Waals surface area contributed by atoms with Crippen molar-refractivity contribution in [2.24, 2.45) is 0 Å². The normalized spacial score (nSPS) is 10.5. The van der Waals surface area contributed by atoms with Gasteiger partial charge in [-0.25, -0.2) is 14.6 Å². The van der Waals surface area contributed by atoms with E-state index in [1.807, 2.05) is 12.1 Å². The maximum Gasteiger partial charge on any atom is 0.338 e. The van der Waals surface area contributed by atoms with Gasteiger partial charge in [0.25, 0.3) is 0 Å². The lowest BCUT2D eigenvalue weighted by atomic mass is 10.1. The summed E-state index contributed by atoms with van der Waals surface area (Å²) in [6.07, 6.45) is 0. The molecule has 0 aliphatic rings. The number of fused-ring (bicyclic) bond motifs is 1. The number of ether oxygens (including phenoxy) is 2. The van der Waals surface area contributed by atoms with E-state index in [-0.39, 0.29) is 11.9 Å². The summed E-state index contributed by atoms with van der Waals surface area (Å²) < 4.78 is 9.68. The molecule has 3 rings (SSSR count). The van der Waals surface area contributed by atoms with Gasteiger partial charge in [-0.15, -0.1) is 0 Å². The lowest BCUT2D eigenvalue weighted by Crippen LogP contribution is -2.04. The number of hydrogen-bond donors (Lipinski definition) is 2. The monoisotopic (exact) mass is 353 g/mol. The largest absolute Gasteiger partial charge is 0.465 e. The number of aromatic amines is 1. The molecule has 134 valence electrons. The number of carbonyl (C=O) groups is 2. The topological polar surface area (TPSA) is 93.3 Å². The SMILES string of the molecule is CCOC(=O)c1ccc2nc(NCc3ccc(C(=O)OC)cc3)[nH]c2c1. The number of anilines is 1. The van der Waals surface area contributed by atoms with Crippen LogP contribution in [0.5, 0.6) is 0 Å². The van der Waals surface area contributed by atoms with Crippen molar-refractivity contribution in [2.75, 3.05) is 19.0 Å². The number of carbonyl (C=O) groups excluding carboxylic acids is 2. The van der Waals surface area contributed by atoms with Crippen LogP contribution in [-0.2, 0) is 16.0 Å². The molecule has 0 aliphatic heterocycles. The third kappa shape index (κ3) is 3.83. The Kier molecular flexibility index (Phi) is 5.17. The van der Waals surface area contributed by atoms with Gasteiger partial charge in [0.05, 0.1) is 35.9 Å². The van der Waals surface area contributed by atoms with E-state index < -0.39 is 0 Å². The van der Waals surface area contributed by atoms with Gasteiger partial charge in [0, 0.05) is 6.54 Å². The van der Waals surface area contributed by atoms with Crippen LogP contribution in [0.25, 0.3) is 11.0 Å². The van der Waals surface area contributed by atoms with Crippen molar-refractivity contribution in [3.8, 4) is 0 Å². The first-order chi connectivity index (χ1) is 12.6. The minimum Gasteiger partial charge on any atom is -0.465 e. The molecule has 0 amide bonds. The average molecular weight is 353 g/mol. The zero-order valence-electron chi connectivity index (χ0n) is 14.5. The summed E-state index contributed by atoms with van der Waals surface area (Å²) in [6, 6.07) is 12.3. The van der Waals surface area contributed by atoms with Gasteiger partial charge in [-0.1, -0.05) is 12.1 Å². The predicted molar refractivity (Wildman–Crippen MR) is 97.2 cm³/mol. The predicted octanol–water partition coefficient (Wildman–Crippen LogP) is 3.14. The summed E-state index contributed by atoms with van der Waals surface area (Å²) in [6.45, 7) is 2.64. The second kappa shape index (κ2) is 7.69. The van der Waals surface area contributed by atoms with Crippen LogP contribution in [0.2, 0.25) is 0 Å². The average Bonchev–Trinajstić information content (AvgIpc) is 3.08. The summed E-state index contributed by atoms with van der Waals surface area (Å²) in [7, 11) is 1.35. The van der Waals surface area contributed by atoms with Crippen LogP contribution in [0, 0.1) is 0 Å². The zero-order valence-corrected chi connectivity index (χ0v) is 14.5. The van der Waals surface area contributed by atoms with E-state index in [1.54, 1.807) is 37.3 Å². The maximum absolute atomic E-state index is 11.8. The Labute approximate surface area is 150 Å². The Morgan fingerprint density at radius 3 is 2.50 bits per heavy atom. The number of H-pyrrole nitrogens is 1. The molecule has 0 aliphatic carbocycles. The minimum atomic E-state index is -0.362. The van der Waals surface area contributed by atoms with Crippen molar-refractivity contribution in [3.05, 3.63) is 59.2 Å². The standard InChI is InChI=1S/C19H19N3O4/c1-3-26-18(24)14-8-9-15-16(10-14)22-19(21-15)20-11-12-4-6-13(7-5-12)17(23)25-2/h4-10H,3,11H2,1-2H3,(H2,20,21,22). The highest BCUT2D eigenvalue weighted by Crippen LogP contribution is 2.17. The Morgan fingerprint density at radius 2 is 1.81 bits per heavy atom. The van der Waals surface area contributed by atoms with Crippen molar-refractivity contribution in [1.82, 2.24) is 9.97 Å². The minimum absolute atomic E-state index is 0.335. The fourth-order valence-corrected chi connectivity index (χ4v) is 2.50. The van der Waals surface area contributed by atoms with Crippen LogP contribution in [0.4, 0.5) is 5.95 Å². The molecule has 1 aromatic heterocycles. The number of benzene rings is 2. The molecular formula is C19H19N3O4. The van der Waals surface area contributed by atoms with Gasteiger partial charge in [-0.3, -0.25) is 0 Å². The van der Waals surface area contributed by atoms with E-state index in [9.17, 15) is 9.59 Å². The number of nitrogens with zero attached hydrogens (tertiary/aromatic N) is 1. The van der Waals surface area contributed by atoms with Gasteiger partial charge in [0.1, 0.15) is 0 Å². The lowest BCUT2D eigenvalue weighted by molar-refractivity contribution is 0.0525. The highest BCUT2D eigenvalue weighted by molar-refractivity contribution is 5.94. The van der Waals surface area contributed by atoms with E-state index in [1.165, 1.54) is 7.11 Å². The molecule has 0 unspecified atom stereocenters. The second-order valence-electron chi connectivity index (χ2n) is 5.58. The molecule has 2 aromatic carbocycles. The number of hydrogen-bond acceptors (Lipinski definition) is 6. The molecule has 0 saturated carbocycles. The fourth-order valence-electron chi connectivity index (χ4n) is 2.50. The third-order valence-electron chi connectivity index (χ3n) is 3.83. The Morgan fingerprint density at radius 1 is 1.08 bits per heavy atom. The summed E-state index contributed by atoms with van der Waals surface area (Å²) in [4.78, 5) is 30.8. The quantitative estimate of drug-likeness (QED) is 0.661. The first kappa shape index (κ1) is 17.5. The molecular weight excluding hydrogens is 334 g/mol. The molecule has 7 nitrogen and oxygen atoms in total. The highest BCUT2D eigenvalue weighted by Gasteiger charge is 2.10. The van der Waals surface area contributed by atoms with Crippen LogP contribution in [0.3, 0.4) is 0 Å². The smallest absolute Gasteiger partial charge is 0.338 e. The van der Waals surface area contributed by atoms with Gasteiger partial charge in [0.15, 0.2) is 0 Å². The molecule has 7 heteroatoms. The van der Waals surface area contributed by atoms with E-state index in [0.717, 1.165) is 16.6 Å². The molecule has 0 atom stereocenters. The number of nitrogens with one attached hydrogen (secondary N) is 2. The molecule has 0 bridgehead atoms. The lowest BCUT2D eigenvalue weighted by Gasteiger charge is -2.04. The first-order valence-electron chi connectivity index (χ1n) is 8.18. The Balaban J connectivity index is 1.69. The maximum atomic E-state index is 11.8. The molecule has 0 radical (unpaired) electrons. The van der Waals surface area contributed by atoms with Crippen molar-refractivity contribution >= 4 is 28.9 Å². The third-order valence-corrected chi connectivity index (χ3v) is 3.83. The van der Waals surface area contributed by atoms with Gasteiger partial charge < -0.3 is 19.8 Å². The van der Waals surface area contributed by atoms with Crippen LogP contribution in [-0.4, -0.2) is 35.6 Å². The number of imidazole rings is 1. The van der Waals surface area contributed by atoms with Crippen LogP contribution in [0.15, 0.2) is 42.5 Å². The van der Waals surface area contributed by atoms with Crippen LogP contribution >= 0.6 is 0 Å². The zero-order chi connectivity index (χ0) is 18.5. The molecule has 0 spiro atoms. The summed E-state index contributed by atoms with van der Waals surface area (Å²) >= 11 is 0. The van der Waals surface area contributed by atoms with Crippen LogP contribution < -0.4 is 5.32 Å². The van der Waals surface area contributed by atoms with Crippen LogP contribution in [0.1, 0.15) is 33.2 Å². The van der Waals surface area contributed by atoms with Gasteiger partial charge >= 0.3 is 11.9 Å². The van der Waals surface area contributed by atoms with E-state index >= 15 is 0 Å². The molecule has 0 fully saturated rings. The van der Waals surface area contributed by atoms with Crippen molar-refractivity contribution in [3.63, 3.8) is 0 Å². The van der Waals surface area contributed by atoms with Crippen molar-refractivity contribution in [1.29, 1.82) is 0 Å². The highest BCUT2D eigenvalue weighted by atomic mass is 16.5. The number of aromatic nitrogens is 2. The Bertz CT molecular complexity index is 932. The Hall–Kier alpha value is -3.35. The summed E-state index contributed by atoms with van der Waals surface area (Å²) in [5, 5.41) is 3.19. The van der Waals surface area contributed by atoms with Gasteiger partial charge in [-0.2, -0.15) is 0 Å². The molecule has 1 heterocycles.